The Kier molecular flexibility index (Phi) is 3.87. The Morgan fingerprint density at radius 2 is 1.78 bits per heavy atom. The number of fused-ring (bicyclic) bond motifs is 1. The highest BCUT2D eigenvalue weighted by molar-refractivity contribution is 5.35. The first-order chi connectivity index (χ1) is 11.4. The minimum absolute atomic E-state index is 0.0349. The fraction of sp³-hybridized carbons (Fsp3) is 0.350. The first-order valence-corrected chi connectivity index (χ1v) is 8.18. The van der Waals surface area contributed by atoms with Gasteiger partial charge in [-0.25, -0.2) is 0 Å². The van der Waals surface area contributed by atoms with Gasteiger partial charge in [-0.15, -0.1) is 0 Å². The van der Waals surface area contributed by atoms with Gasteiger partial charge in [0.2, 0.25) is 0 Å². The predicted octanol–water partition coefficient (Wildman–Crippen LogP) is 4.30. The first kappa shape index (κ1) is 14.4. The van der Waals surface area contributed by atoms with Crippen LogP contribution in [0.5, 0.6) is 0 Å². The minimum Gasteiger partial charge on any atom is -0.373 e. The van der Waals surface area contributed by atoms with Crippen molar-refractivity contribution >= 4 is 0 Å². The average molecular weight is 305 g/mol. The van der Waals surface area contributed by atoms with E-state index in [1.165, 1.54) is 11.1 Å². The molecule has 1 fully saturated rings. The van der Waals surface area contributed by atoms with E-state index in [1.54, 1.807) is 0 Å². The summed E-state index contributed by atoms with van der Waals surface area (Å²) in [6, 6.07) is 18.4. The van der Waals surface area contributed by atoms with Crippen molar-refractivity contribution in [3.05, 3.63) is 70.8 Å². The van der Waals surface area contributed by atoms with Crippen molar-refractivity contribution in [3.8, 4) is 6.07 Å². The number of rotatable bonds is 2. The summed E-state index contributed by atoms with van der Waals surface area (Å²) in [6.07, 6.45) is 2.31. The van der Waals surface area contributed by atoms with Crippen molar-refractivity contribution in [1.82, 2.24) is 0 Å². The van der Waals surface area contributed by atoms with E-state index in [4.69, 9.17) is 14.7 Å². The van der Waals surface area contributed by atoms with Crippen LogP contribution in [-0.4, -0.2) is 6.61 Å². The van der Waals surface area contributed by atoms with Crippen molar-refractivity contribution in [3.63, 3.8) is 0 Å². The Balaban J connectivity index is 1.65. The largest absolute Gasteiger partial charge is 0.373 e. The summed E-state index contributed by atoms with van der Waals surface area (Å²) >= 11 is 0. The Bertz CT molecular complexity index is 732. The predicted molar refractivity (Wildman–Crippen MR) is 86.5 cm³/mol. The maximum atomic E-state index is 8.97. The molecule has 0 spiro atoms. The molecule has 2 heterocycles. The van der Waals surface area contributed by atoms with Crippen LogP contribution in [0.25, 0.3) is 0 Å². The SMILES string of the molecule is N#Cc1ccc([C@@H]2OCCC[C@H]2[C@@H]2OCc3ccccc32)cc1. The van der Waals surface area contributed by atoms with Gasteiger partial charge in [0.1, 0.15) is 0 Å². The molecule has 3 nitrogen and oxygen atoms in total. The van der Waals surface area contributed by atoms with Crippen molar-refractivity contribution in [1.29, 1.82) is 5.26 Å². The molecule has 2 aliphatic rings. The lowest BCUT2D eigenvalue weighted by Crippen LogP contribution is -2.27. The molecule has 3 heteroatoms. The van der Waals surface area contributed by atoms with E-state index in [0.29, 0.717) is 18.1 Å². The lowest BCUT2D eigenvalue weighted by atomic mass is 9.82. The van der Waals surface area contributed by atoms with E-state index in [9.17, 15) is 0 Å². The number of hydrogen-bond donors (Lipinski definition) is 0. The molecule has 0 bridgehead atoms. The number of benzene rings is 2. The molecule has 0 aromatic heterocycles. The van der Waals surface area contributed by atoms with Gasteiger partial charge in [-0.2, -0.15) is 5.26 Å². The van der Waals surface area contributed by atoms with Crippen LogP contribution in [0.4, 0.5) is 0 Å². The molecule has 0 saturated carbocycles. The van der Waals surface area contributed by atoms with E-state index in [-0.39, 0.29) is 12.2 Å². The van der Waals surface area contributed by atoms with Crippen LogP contribution in [0.3, 0.4) is 0 Å². The topological polar surface area (TPSA) is 42.2 Å². The van der Waals surface area contributed by atoms with Gasteiger partial charge >= 0.3 is 0 Å². The van der Waals surface area contributed by atoms with Crippen LogP contribution < -0.4 is 0 Å². The van der Waals surface area contributed by atoms with E-state index >= 15 is 0 Å². The number of ether oxygens (including phenoxy) is 2. The van der Waals surface area contributed by atoms with Gasteiger partial charge in [-0.3, -0.25) is 0 Å². The number of hydrogen-bond acceptors (Lipinski definition) is 3. The highest BCUT2D eigenvalue weighted by Gasteiger charge is 2.38. The van der Waals surface area contributed by atoms with Gasteiger partial charge in [-0.1, -0.05) is 36.4 Å². The summed E-state index contributed by atoms with van der Waals surface area (Å²) in [5.74, 6) is 0.320. The average Bonchev–Trinajstić information content (AvgIpc) is 3.06. The van der Waals surface area contributed by atoms with E-state index < -0.39 is 0 Å². The minimum atomic E-state index is 0.0349. The third kappa shape index (κ3) is 2.65. The Morgan fingerprint density at radius 3 is 2.61 bits per heavy atom. The lowest BCUT2D eigenvalue weighted by Gasteiger charge is -2.35. The van der Waals surface area contributed by atoms with Gasteiger partial charge in [0.15, 0.2) is 0 Å². The molecule has 2 aromatic carbocycles. The zero-order chi connectivity index (χ0) is 15.6. The molecule has 0 unspecified atom stereocenters. The third-order valence-corrected chi connectivity index (χ3v) is 4.91. The molecular weight excluding hydrogens is 286 g/mol. The molecule has 0 N–H and O–H groups in total. The highest BCUT2D eigenvalue weighted by atomic mass is 16.5. The fourth-order valence-electron chi connectivity index (χ4n) is 3.77. The summed E-state index contributed by atoms with van der Waals surface area (Å²) in [6.45, 7) is 1.48. The summed E-state index contributed by atoms with van der Waals surface area (Å²) in [7, 11) is 0. The zero-order valence-electron chi connectivity index (χ0n) is 12.9. The highest BCUT2D eigenvalue weighted by Crippen LogP contribution is 2.46. The van der Waals surface area contributed by atoms with Crippen molar-refractivity contribution < 1.29 is 9.47 Å². The monoisotopic (exact) mass is 305 g/mol. The Hall–Kier alpha value is -2.15. The molecule has 0 amide bonds. The van der Waals surface area contributed by atoms with Crippen LogP contribution in [0.2, 0.25) is 0 Å². The fourth-order valence-corrected chi connectivity index (χ4v) is 3.77. The van der Waals surface area contributed by atoms with Crippen molar-refractivity contribution in [2.75, 3.05) is 6.61 Å². The van der Waals surface area contributed by atoms with Crippen molar-refractivity contribution in [2.45, 2.75) is 31.7 Å². The molecule has 2 aliphatic heterocycles. The zero-order valence-corrected chi connectivity index (χ0v) is 12.9. The first-order valence-electron chi connectivity index (χ1n) is 8.18. The van der Waals surface area contributed by atoms with Gasteiger partial charge < -0.3 is 9.47 Å². The standard InChI is InChI=1S/C20H19NO2/c21-12-14-7-9-15(10-8-14)19-18(6-3-11-22-19)20-17-5-2-1-4-16(17)13-23-20/h1-2,4-5,7-10,18-20H,3,6,11,13H2/t18-,19+,20-/m1/s1. The van der Waals surface area contributed by atoms with Crippen LogP contribution >= 0.6 is 0 Å². The third-order valence-electron chi connectivity index (χ3n) is 4.91. The van der Waals surface area contributed by atoms with E-state index in [1.807, 2.05) is 24.3 Å². The maximum Gasteiger partial charge on any atom is 0.0991 e. The van der Waals surface area contributed by atoms with Gasteiger partial charge in [0.25, 0.3) is 0 Å². The maximum absolute atomic E-state index is 8.97. The Morgan fingerprint density at radius 1 is 0.957 bits per heavy atom. The molecule has 0 radical (unpaired) electrons. The molecule has 116 valence electrons. The van der Waals surface area contributed by atoms with E-state index in [2.05, 4.69) is 30.3 Å². The van der Waals surface area contributed by atoms with Crippen LogP contribution in [0.15, 0.2) is 48.5 Å². The Labute approximate surface area is 136 Å². The second-order valence-electron chi connectivity index (χ2n) is 6.26. The second-order valence-corrected chi connectivity index (χ2v) is 6.26. The molecule has 1 saturated heterocycles. The normalized spacial score (nSPS) is 26.5. The molecule has 4 rings (SSSR count). The molecule has 2 aromatic rings. The van der Waals surface area contributed by atoms with Crippen LogP contribution in [-0.2, 0) is 16.1 Å². The van der Waals surface area contributed by atoms with Crippen LogP contribution in [0, 0.1) is 17.2 Å². The summed E-state index contributed by atoms with van der Waals surface area (Å²) < 4.78 is 12.2. The quantitative estimate of drug-likeness (QED) is 0.831. The summed E-state index contributed by atoms with van der Waals surface area (Å²) in [5.41, 5.74) is 4.42. The number of nitriles is 1. The molecule has 23 heavy (non-hydrogen) atoms. The van der Waals surface area contributed by atoms with Gasteiger partial charge in [0.05, 0.1) is 30.4 Å². The second kappa shape index (κ2) is 6.16. The number of nitrogens with zero attached hydrogens (tertiary/aromatic N) is 1. The summed E-state index contributed by atoms with van der Waals surface area (Å²) in [4.78, 5) is 0. The van der Waals surface area contributed by atoms with Gasteiger partial charge in [0, 0.05) is 12.5 Å². The van der Waals surface area contributed by atoms with E-state index in [0.717, 1.165) is 25.0 Å². The van der Waals surface area contributed by atoms with Gasteiger partial charge in [-0.05, 0) is 41.7 Å². The summed E-state index contributed by atoms with van der Waals surface area (Å²) in [5, 5.41) is 8.97. The molecule has 0 aliphatic carbocycles. The van der Waals surface area contributed by atoms with Crippen molar-refractivity contribution in [2.24, 2.45) is 5.92 Å². The molecular formula is C20H19NO2. The molecule has 3 atom stereocenters. The van der Waals surface area contributed by atoms with Crippen LogP contribution in [0.1, 0.15) is 47.3 Å². The lowest BCUT2D eigenvalue weighted by molar-refractivity contribution is -0.0931. The smallest absolute Gasteiger partial charge is 0.0991 e.